The highest BCUT2D eigenvalue weighted by molar-refractivity contribution is 6.07. The Morgan fingerprint density at radius 2 is 2.14 bits per heavy atom. The van der Waals surface area contributed by atoms with Gasteiger partial charge >= 0.3 is 6.03 Å². The SMILES string of the molecule is Cc1nnc(CN2C(=O)N[C@@]3(CCc4ccccc43)C2=O)o1. The maximum Gasteiger partial charge on any atom is 0.325 e. The first-order valence-electron chi connectivity index (χ1n) is 7.12. The third-order valence-corrected chi connectivity index (χ3v) is 4.28. The van der Waals surface area contributed by atoms with E-state index in [1.807, 2.05) is 24.3 Å². The Kier molecular flexibility index (Phi) is 2.60. The summed E-state index contributed by atoms with van der Waals surface area (Å²) in [6.45, 7) is 1.66. The van der Waals surface area contributed by atoms with Crippen molar-refractivity contribution in [2.45, 2.75) is 31.8 Å². The summed E-state index contributed by atoms with van der Waals surface area (Å²) < 4.78 is 5.27. The molecule has 1 spiro atoms. The van der Waals surface area contributed by atoms with E-state index in [2.05, 4.69) is 15.5 Å². The number of carbonyl (C=O) groups is 2. The molecule has 2 aromatic rings. The van der Waals surface area contributed by atoms with Crippen LogP contribution in [0.4, 0.5) is 4.79 Å². The summed E-state index contributed by atoms with van der Waals surface area (Å²) in [5.41, 5.74) is 1.05. The van der Waals surface area contributed by atoms with E-state index < -0.39 is 11.6 Å². The fourth-order valence-electron chi connectivity index (χ4n) is 3.27. The highest BCUT2D eigenvalue weighted by Crippen LogP contribution is 2.41. The third kappa shape index (κ3) is 1.68. The first kappa shape index (κ1) is 13.0. The van der Waals surface area contributed by atoms with Gasteiger partial charge in [0.2, 0.25) is 11.8 Å². The average Bonchev–Trinajstić information content (AvgIpc) is 3.15. The average molecular weight is 298 g/mol. The summed E-state index contributed by atoms with van der Waals surface area (Å²) in [5, 5.41) is 10.4. The van der Waals surface area contributed by atoms with Crippen LogP contribution < -0.4 is 5.32 Å². The van der Waals surface area contributed by atoms with Gasteiger partial charge in [0.1, 0.15) is 12.1 Å². The number of aromatic nitrogens is 2. The lowest BCUT2D eigenvalue weighted by Gasteiger charge is -2.21. The second-order valence-corrected chi connectivity index (χ2v) is 5.60. The van der Waals surface area contributed by atoms with Gasteiger partial charge in [0.25, 0.3) is 5.91 Å². The van der Waals surface area contributed by atoms with Gasteiger partial charge in [0.05, 0.1) is 0 Å². The molecule has 22 heavy (non-hydrogen) atoms. The van der Waals surface area contributed by atoms with Gasteiger partial charge in [-0.15, -0.1) is 10.2 Å². The van der Waals surface area contributed by atoms with Gasteiger partial charge in [-0.25, -0.2) is 4.79 Å². The summed E-state index contributed by atoms with van der Waals surface area (Å²) in [7, 11) is 0. The van der Waals surface area contributed by atoms with Crippen LogP contribution in [-0.2, 0) is 23.3 Å². The molecule has 7 nitrogen and oxygen atoms in total. The molecule has 112 valence electrons. The number of nitrogens with zero attached hydrogens (tertiary/aromatic N) is 3. The van der Waals surface area contributed by atoms with Crippen molar-refractivity contribution < 1.29 is 14.0 Å². The van der Waals surface area contributed by atoms with E-state index >= 15 is 0 Å². The predicted octanol–water partition coefficient (Wildman–Crippen LogP) is 1.27. The topological polar surface area (TPSA) is 88.3 Å². The lowest BCUT2D eigenvalue weighted by molar-refractivity contribution is -0.132. The highest BCUT2D eigenvalue weighted by atomic mass is 16.4. The Labute approximate surface area is 126 Å². The minimum absolute atomic E-state index is 0.00454. The Morgan fingerprint density at radius 1 is 1.32 bits per heavy atom. The Hall–Kier alpha value is -2.70. The van der Waals surface area contributed by atoms with Crippen molar-refractivity contribution in [3.8, 4) is 0 Å². The van der Waals surface area contributed by atoms with Crippen molar-refractivity contribution in [2.75, 3.05) is 0 Å². The molecule has 4 rings (SSSR count). The molecule has 1 saturated heterocycles. The van der Waals surface area contributed by atoms with Gasteiger partial charge in [-0.2, -0.15) is 0 Å². The zero-order chi connectivity index (χ0) is 15.3. The van der Waals surface area contributed by atoms with Crippen LogP contribution in [0.1, 0.15) is 29.3 Å². The number of aryl methyl sites for hydroxylation is 2. The van der Waals surface area contributed by atoms with E-state index in [-0.39, 0.29) is 18.3 Å². The highest BCUT2D eigenvalue weighted by Gasteiger charge is 2.55. The molecular formula is C15H14N4O3. The van der Waals surface area contributed by atoms with Crippen LogP contribution in [0.15, 0.2) is 28.7 Å². The number of urea groups is 1. The third-order valence-electron chi connectivity index (χ3n) is 4.28. The zero-order valence-corrected chi connectivity index (χ0v) is 12.0. The maximum atomic E-state index is 12.9. The number of carbonyl (C=O) groups excluding carboxylic acids is 2. The molecule has 1 aromatic carbocycles. The molecule has 0 unspecified atom stereocenters. The summed E-state index contributed by atoms with van der Waals surface area (Å²) in [4.78, 5) is 26.3. The lowest BCUT2D eigenvalue weighted by atomic mass is 9.92. The van der Waals surface area contributed by atoms with Gasteiger partial charge in [-0.3, -0.25) is 9.69 Å². The quantitative estimate of drug-likeness (QED) is 0.843. The molecule has 2 heterocycles. The van der Waals surface area contributed by atoms with E-state index in [1.54, 1.807) is 6.92 Å². The van der Waals surface area contributed by atoms with Crippen LogP contribution in [0.5, 0.6) is 0 Å². The Morgan fingerprint density at radius 3 is 2.91 bits per heavy atom. The number of benzene rings is 1. The number of fused-ring (bicyclic) bond motifs is 2. The van der Waals surface area contributed by atoms with Gasteiger partial charge in [-0.05, 0) is 24.0 Å². The monoisotopic (exact) mass is 298 g/mol. The van der Waals surface area contributed by atoms with Crippen molar-refractivity contribution in [1.29, 1.82) is 0 Å². The van der Waals surface area contributed by atoms with Crippen molar-refractivity contribution >= 4 is 11.9 Å². The summed E-state index contributed by atoms with van der Waals surface area (Å²) >= 11 is 0. The second-order valence-electron chi connectivity index (χ2n) is 5.60. The fraction of sp³-hybridized carbons (Fsp3) is 0.333. The summed E-state index contributed by atoms with van der Waals surface area (Å²) in [6.07, 6.45) is 1.35. The fourth-order valence-corrected chi connectivity index (χ4v) is 3.27. The van der Waals surface area contributed by atoms with E-state index in [1.165, 1.54) is 0 Å². The molecule has 2 aliphatic rings. The van der Waals surface area contributed by atoms with E-state index in [0.29, 0.717) is 12.3 Å². The second kappa shape index (κ2) is 4.40. The van der Waals surface area contributed by atoms with Gasteiger partial charge in [-0.1, -0.05) is 24.3 Å². The molecule has 0 radical (unpaired) electrons. The zero-order valence-electron chi connectivity index (χ0n) is 12.0. The minimum atomic E-state index is -0.942. The normalized spacial score (nSPS) is 23.2. The standard InChI is InChI=1S/C15H14N4O3/c1-9-17-18-12(22-9)8-19-13(20)15(16-14(19)21)7-6-10-4-2-3-5-11(10)15/h2-5H,6-8H2,1H3,(H,16,21)/t15-/m1/s1. The number of hydrogen-bond donors (Lipinski definition) is 1. The van der Waals surface area contributed by atoms with Gasteiger partial charge in [0, 0.05) is 6.92 Å². The molecule has 0 bridgehead atoms. The lowest BCUT2D eigenvalue weighted by Crippen LogP contribution is -2.41. The Balaban J connectivity index is 1.68. The number of imide groups is 1. The van der Waals surface area contributed by atoms with Crippen molar-refractivity contribution in [2.24, 2.45) is 0 Å². The van der Waals surface area contributed by atoms with Crippen molar-refractivity contribution in [3.63, 3.8) is 0 Å². The number of nitrogens with one attached hydrogen (secondary N) is 1. The molecule has 7 heteroatoms. The number of rotatable bonds is 2. The Bertz CT molecular complexity index is 785. The van der Waals surface area contributed by atoms with Crippen LogP contribution >= 0.6 is 0 Å². The van der Waals surface area contributed by atoms with Crippen molar-refractivity contribution in [1.82, 2.24) is 20.4 Å². The predicted molar refractivity (Wildman–Crippen MR) is 74.6 cm³/mol. The van der Waals surface area contributed by atoms with E-state index in [4.69, 9.17) is 4.42 Å². The first-order chi connectivity index (χ1) is 10.6. The number of amides is 3. The van der Waals surface area contributed by atoms with E-state index in [9.17, 15) is 9.59 Å². The molecule has 1 N–H and O–H groups in total. The molecule has 1 fully saturated rings. The smallest absolute Gasteiger partial charge is 0.325 e. The molecule has 3 amide bonds. The summed E-state index contributed by atoms with van der Waals surface area (Å²) in [6, 6.07) is 7.31. The first-order valence-corrected chi connectivity index (χ1v) is 7.12. The van der Waals surface area contributed by atoms with Crippen LogP contribution in [0, 0.1) is 6.92 Å². The van der Waals surface area contributed by atoms with Crippen LogP contribution in [0.2, 0.25) is 0 Å². The van der Waals surface area contributed by atoms with Gasteiger partial charge in [0.15, 0.2) is 0 Å². The van der Waals surface area contributed by atoms with Crippen LogP contribution in [0.3, 0.4) is 0 Å². The van der Waals surface area contributed by atoms with Gasteiger partial charge < -0.3 is 9.73 Å². The molecule has 1 aliphatic carbocycles. The minimum Gasteiger partial charge on any atom is -0.424 e. The van der Waals surface area contributed by atoms with Crippen molar-refractivity contribution in [3.05, 3.63) is 47.2 Å². The summed E-state index contributed by atoms with van der Waals surface area (Å²) in [5.74, 6) is 0.408. The molecule has 1 aliphatic heterocycles. The van der Waals surface area contributed by atoms with Crippen LogP contribution in [0.25, 0.3) is 0 Å². The molecule has 1 atom stereocenters. The largest absolute Gasteiger partial charge is 0.424 e. The van der Waals surface area contributed by atoms with E-state index in [0.717, 1.165) is 22.4 Å². The molecule has 0 saturated carbocycles. The number of hydrogen-bond acceptors (Lipinski definition) is 5. The maximum absolute atomic E-state index is 12.9. The molecular weight excluding hydrogens is 284 g/mol. The molecule has 1 aromatic heterocycles. The van der Waals surface area contributed by atoms with Crippen LogP contribution in [-0.4, -0.2) is 27.0 Å².